The number of carbonyl (C=O) groups is 1. The molecule has 3 rings (SSSR count). The Hall–Kier alpha value is -2.17. The third-order valence-electron chi connectivity index (χ3n) is 4.05. The van der Waals surface area contributed by atoms with E-state index in [1.165, 1.54) is 18.4 Å². The van der Waals surface area contributed by atoms with Gasteiger partial charge in [-0.1, -0.05) is 6.07 Å². The number of amides is 1. The first kappa shape index (κ1) is 13.8. The molecule has 1 aliphatic carbocycles. The summed E-state index contributed by atoms with van der Waals surface area (Å²) in [5, 5.41) is 7.24. The molecule has 2 heterocycles. The molecule has 0 saturated heterocycles. The molecule has 0 bridgehead atoms. The van der Waals surface area contributed by atoms with Crippen molar-refractivity contribution >= 4 is 5.91 Å². The van der Waals surface area contributed by atoms with Gasteiger partial charge >= 0.3 is 0 Å². The summed E-state index contributed by atoms with van der Waals surface area (Å²) < 4.78 is 1.74. The van der Waals surface area contributed by atoms with Crippen molar-refractivity contribution < 1.29 is 4.79 Å². The summed E-state index contributed by atoms with van der Waals surface area (Å²) in [7, 11) is 1.85. The predicted octanol–water partition coefficient (Wildman–Crippen LogP) is 2.24. The zero-order chi connectivity index (χ0) is 15.0. The average Bonchev–Trinajstić information content (AvgIpc) is 3.26. The minimum atomic E-state index is -0.0741. The Kier molecular flexibility index (Phi) is 3.49. The van der Waals surface area contributed by atoms with E-state index in [1.807, 2.05) is 33.3 Å². The summed E-state index contributed by atoms with van der Waals surface area (Å²) in [4.78, 5) is 16.6. The quantitative estimate of drug-likeness (QED) is 0.936. The van der Waals surface area contributed by atoms with E-state index < -0.39 is 0 Å². The maximum absolute atomic E-state index is 12.3. The highest BCUT2D eigenvalue weighted by atomic mass is 16.1. The fourth-order valence-corrected chi connectivity index (χ4v) is 2.62. The molecule has 0 spiro atoms. The molecule has 0 radical (unpaired) electrons. The van der Waals surface area contributed by atoms with Crippen LogP contribution in [-0.2, 0) is 13.6 Å². The van der Waals surface area contributed by atoms with E-state index in [0.717, 1.165) is 17.0 Å². The third kappa shape index (κ3) is 2.82. The molecule has 1 saturated carbocycles. The standard InChI is InChI=1S/C16H20N4O/c1-10-15(11(2)20(3)19-10)16(21)18-8-12-6-14(9-17-7-12)13-4-5-13/h6-7,9,13H,4-5,8H2,1-3H3,(H,18,21). The molecule has 0 aromatic carbocycles. The number of nitrogens with zero attached hydrogens (tertiary/aromatic N) is 3. The van der Waals surface area contributed by atoms with Crippen LogP contribution >= 0.6 is 0 Å². The Morgan fingerprint density at radius 2 is 2.14 bits per heavy atom. The second kappa shape index (κ2) is 5.31. The fraction of sp³-hybridized carbons (Fsp3) is 0.438. The first-order valence-corrected chi connectivity index (χ1v) is 7.28. The zero-order valence-electron chi connectivity index (χ0n) is 12.7. The largest absolute Gasteiger partial charge is 0.348 e. The van der Waals surface area contributed by atoms with Crippen molar-refractivity contribution in [3.63, 3.8) is 0 Å². The summed E-state index contributed by atoms with van der Waals surface area (Å²) in [6.07, 6.45) is 6.25. The van der Waals surface area contributed by atoms with Crippen LogP contribution in [-0.4, -0.2) is 20.7 Å². The highest BCUT2D eigenvalue weighted by molar-refractivity contribution is 5.96. The van der Waals surface area contributed by atoms with Gasteiger partial charge in [0.25, 0.3) is 5.91 Å². The molecule has 2 aromatic heterocycles. The molecule has 5 heteroatoms. The maximum Gasteiger partial charge on any atom is 0.255 e. The van der Waals surface area contributed by atoms with Crippen molar-refractivity contribution in [2.45, 2.75) is 39.2 Å². The van der Waals surface area contributed by atoms with E-state index in [2.05, 4.69) is 21.5 Å². The van der Waals surface area contributed by atoms with E-state index >= 15 is 0 Å². The van der Waals surface area contributed by atoms with Gasteiger partial charge in [-0.3, -0.25) is 14.5 Å². The van der Waals surface area contributed by atoms with Gasteiger partial charge in [-0.2, -0.15) is 5.10 Å². The predicted molar refractivity (Wildman–Crippen MR) is 80.1 cm³/mol. The molecule has 0 aliphatic heterocycles. The average molecular weight is 284 g/mol. The summed E-state index contributed by atoms with van der Waals surface area (Å²) in [6.45, 7) is 4.27. The number of aryl methyl sites for hydroxylation is 2. The monoisotopic (exact) mass is 284 g/mol. The van der Waals surface area contributed by atoms with Crippen LogP contribution in [0.25, 0.3) is 0 Å². The lowest BCUT2D eigenvalue weighted by Crippen LogP contribution is -2.24. The van der Waals surface area contributed by atoms with E-state index in [4.69, 9.17) is 0 Å². The van der Waals surface area contributed by atoms with Gasteiger partial charge < -0.3 is 5.32 Å². The van der Waals surface area contributed by atoms with Gasteiger partial charge in [-0.15, -0.1) is 0 Å². The van der Waals surface area contributed by atoms with Crippen molar-refractivity contribution in [1.29, 1.82) is 0 Å². The number of hydrogen-bond acceptors (Lipinski definition) is 3. The molecule has 1 amide bonds. The lowest BCUT2D eigenvalue weighted by molar-refractivity contribution is 0.0949. The Balaban J connectivity index is 1.69. The number of nitrogens with one attached hydrogen (secondary N) is 1. The summed E-state index contributed by atoms with van der Waals surface area (Å²) in [6, 6.07) is 2.15. The van der Waals surface area contributed by atoms with Crippen molar-refractivity contribution in [2.24, 2.45) is 7.05 Å². The number of pyridine rings is 1. The van der Waals surface area contributed by atoms with Gasteiger partial charge in [0.15, 0.2) is 0 Å². The van der Waals surface area contributed by atoms with Crippen molar-refractivity contribution in [1.82, 2.24) is 20.1 Å². The molecule has 2 aromatic rings. The van der Waals surface area contributed by atoms with Crippen LogP contribution in [0.1, 0.15) is 51.6 Å². The van der Waals surface area contributed by atoms with E-state index in [1.54, 1.807) is 4.68 Å². The summed E-state index contributed by atoms with van der Waals surface area (Å²) in [5.74, 6) is 0.603. The first-order valence-electron chi connectivity index (χ1n) is 7.28. The van der Waals surface area contributed by atoms with Gasteiger partial charge in [-0.25, -0.2) is 0 Å². The fourth-order valence-electron chi connectivity index (χ4n) is 2.62. The van der Waals surface area contributed by atoms with Gasteiger partial charge in [0.1, 0.15) is 0 Å². The van der Waals surface area contributed by atoms with Gasteiger partial charge in [0.05, 0.1) is 11.3 Å². The number of rotatable bonds is 4. The number of carbonyl (C=O) groups excluding carboxylic acids is 1. The Labute approximate surface area is 124 Å². The molecule has 1 fully saturated rings. The zero-order valence-corrected chi connectivity index (χ0v) is 12.7. The third-order valence-corrected chi connectivity index (χ3v) is 4.05. The van der Waals surface area contributed by atoms with Gasteiger partial charge in [0, 0.05) is 31.7 Å². The van der Waals surface area contributed by atoms with E-state index in [9.17, 15) is 4.79 Å². The minimum Gasteiger partial charge on any atom is -0.348 e. The Bertz CT molecular complexity index is 686. The summed E-state index contributed by atoms with van der Waals surface area (Å²) in [5.41, 5.74) is 4.65. The minimum absolute atomic E-state index is 0.0741. The molecule has 1 N–H and O–H groups in total. The van der Waals surface area contributed by atoms with E-state index in [0.29, 0.717) is 18.0 Å². The topological polar surface area (TPSA) is 59.8 Å². The van der Waals surface area contributed by atoms with Crippen LogP contribution in [0.15, 0.2) is 18.5 Å². The highest BCUT2D eigenvalue weighted by Crippen LogP contribution is 2.39. The Morgan fingerprint density at radius 3 is 2.76 bits per heavy atom. The summed E-state index contributed by atoms with van der Waals surface area (Å²) >= 11 is 0. The first-order chi connectivity index (χ1) is 10.1. The molecule has 0 atom stereocenters. The molecular formula is C16H20N4O. The van der Waals surface area contributed by atoms with Crippen LogP contribution in [0.5, 0.6) is 0 Å². The molecule has 1 aliphatic rings. The van der Waals surface area contributed by atoms with Crippen LogP contribution < -0.4 is 5.32 Å². The van der Waals surface area contributed by atoms with Crippen molar-refractivity contribution in [3.8, 4) is 0 Å². The highest BCUT2D eigenvalue weighted by Gasteiger charge is 2.24. The second-order valence-corrected chi connectivity index (χ2v) is 5.75. The molecular weight excluding hydrogens is 264 g/mol. The second-order valence-electron chi connectivity index (χ2n) is 5.75. The molecule has 5 nitrogen and oxygen atoms in total. The smallest absolute Gasteiger partial charge is 0.255 e. The Morgan fingerprint density at radius 1 is 1.38 bits per heavy atom. The van der Waals surface area contributed by atoms with Crippen LogP contribution in [0.4, 0.5) is 0 Å². The van der Waals surface area contributed by atoms with Crippen molar-refractivity contribution in [2.75, 3.05) is 0 Å². The SMILES string of the molecule is Cc1nn(C)c(C)c1C(=O)NCc1cncc(C2CC2)c1. The van der Waals surface area contributed by atoms with Gasteiger partial charge in [0.2, 0.25) is 0 Å². The normalized spacial score (nSPS) is 14.2. The van der Waals surface area contributed by atoms with Gasteiger partial charge in [-0.05, 0) is 43.7 Å². The molecule has 21 heavy (non-hydrogen) atoms. The molecule has 0 unspecified atom stereocenters. The van der Waals surface area contributed by atoms with E-state index in [-0.39, 0.29) is 5.91 Å². The van der Waals surface area contributed by atoms with Crippen LogP contribution in [0.2, 0.25) is 0 Å². The van der Waals surface area contributed by atoms with Crippen LogP contribution in [0.3, 0.4) is 0 Å². The van der Waals surface area contributed by atoms with Crippen molar-refractivity contribution in [3.05, 3.63) is 46.5 Å². The lowest BCUT2D eigenvalue weighted by atomic mass is 10.1. The maximum atomic E-state index is 12.3. The van der Waals surface area contributed by atoms with Crippen LogP contribution in [0, 0.1) is 13.8 Å². The number of hydrogen-bond donors (Lipinski definition) is 1. The molecule has 110 valence electrons. The lowest BCUT2D eigenvalue weighted by Gasteiger charge is -2.07. The number of aromatic nitrogens is 3.